The van der Waals surface area contributed by atoms with Crippen molar-refractivity contribution < 1.29 is 23.0 Å². The summed E-state index contributed by atoms with van der Waals surface area (Å²) in [6.45, 7) is 3.30. The largest absolute Gasteiger partial charge is 0.490 e. The van der Waals surface area contributed by atoms with E-state index in [1.807, 2.05) is 24.3 Å². The van der Waals surface area contributed by atoms with E-state index in [-0.39, 0.29) is 24.1 Å². The first-order chi connectivity index (χ1) is 15.5. The van der Waals surface area contributed by atoms with Gasteiger partial charge in [-0.1, -0.05) is 24.3 Å². The minimum absolute atomic E-state index is 0.0139. The predicted molar refractivity (Wildman–Crippen MR) is 123 cm³/mol. The molecule has 2 aliphatic rings. The van der Waals surface area contributed by atoms with E-state index in [1.54, 1.807) is 12.1 Å². The third-order valence-corrected chi connectivity index (χ3v) is 7.73. The molecular formula is C24H32N2O5S. The Morgan fingerprint density at radius 2 is 1.88 bits per heavy atom. The van der Waals surface area contributed by atoms with Crippen molar-refractivity contribution in [3.63, 3.8) is 0 Å². The first kappa shape index (κ1) is 23.0. The number of rotatable bonds is 8. The molecule has 2 aromatic carbocycles. The van der Waals surface area contributed by atoms with Crippen LogP contribution in [0, 0.1) is 0 Å². The number of ether oxygens (including phenoxy) is 2. The van der Waals surface area contributed by atoms with Gasteiger partial charge in [-0.25, -0.2) is 13.1 Å². The number of hydrogen-bond acceptors (Lipinski definition) is 6. The molecule has 0 saturated heterocycles. The van der Waals surface area contributed by atoms with Gasteiger partial charge in [0.25, 0.3) is 0 Å². The zero-order valence-electron chi connectivity index (χ0n) is 18.4. The lowest BCUT2D eigenvalue weighted by atomic mass is 9.97. The lowest BCUT2D eigenvalue weighted by Gasteiger charge is -2.23. The number of sulfonamides is 1. The van der Waals surface area contributed by atoms with Crippen LogP contribution >= 0.6 is 0 Å². The highest BCUT2D eigenvalue weighted by Crippen LogP contribution is 2.39. The fourth-order valence-corrected chi connectivity index (χ4v) is 5.64. The van der Waals surface area contributed by atoms with Crippen molar-refractivity contribution in [1.29, 1.82) is 0 Å². The molecule has 8 heteroatoms. The summed E-state index contributed by atoms with van der Waals surface area (Å²) in [5, 5.41) is 12.6. The van der Waals surface area contributed by atoms with Gasteiger partial charge < -0.3 is 19.9 Å². The molecule has 0 radical (unpaired) electrons. The van der Waals surface area contributed by atoms with Crippen LogP contribution in [-0.4, -0.2) is 45.9 Å². The fraction of sp³-hybridized carbons (Fsp3) is 0.500. The van der Waals surface area contributed by atoms with Gasteiger partial charge in [0.1, 0.15) is 0 Å². The van der Waals surface area contributed by atoms with E-state index < -0.39 is 10.0 Å². The van der Waals surface area contributed by atoms with Crippen LogP contribution < -0.4 is 19.5 Å². The summed E-state index contributed by atoms with van der Waals surface area (Å²) in [7, 11) is -3.57. The van der Waals surface area contributed by atoms with Gasteiger partial charge in [-0.2, -0.15) is 0 Å². The summed E-state index contributed by atoms with van der Waals surface area (Å²) in [5.41, 5.74) is 2.28. The number of nitrogens with one attached hydrogen (secondary N) is 2. The lowest BCUT2D eigenvalue weighted by Crippen LogP contribution is -2.29. The quantitative estimate of drug-likeness (QED) is 0.560. The molecule has 2 aromatic rings. The number of aliphatic hydroxyl groups excluding tert-OH is 1. The first-order valence-corrected chi connectivity index (χ1v) is 12.8. The Morgan fingerprint density at radius 1 is 1.09 bits per heavy atom. The minimum atomic E-state index is -3.57. The molecule has 1 fully saturated rings. The van der Waals surface area contributed by atoms with Crippen LogP contribution in [0.2, 0.25) is 0 Å². The zero-order valence-corrected chi connectivity index (χ0v) is 19.2. The van der Waals surface area contributed by atoms with Crippen molar-refractivity contribution in [2.45, 2.75) is 55.5 Å². The monoisotopic (exact) mass is 460 g/mol. The summed E-state index contributed by atoms with van der Waals surface area (Å²) in [5.74, 6) is 2.07. The smallest absolute Gasteiger partial charge is 0.240 e. The van der Waals surface area contributed by atoms with Crippen LogP contribution in [0.15, 0.2) is 47.4 Å². The van der Waals surface area contributed by atoms with Gasteiger partial charge in [-0.05, 0) is 55.9 Å². The average Bonchev–Trinajstić information content (AvgIpc) is 3.12. The summed E-state index contributed by atoms with van der Waals surface area (Å²) in [4.78, 5) is 0.225. The maximum Gasteiger partial charge on any atom is 0.240 e. The standard InChI is InChI=1S/C24H32N2O5S/c1-17(22-4-2-5-23-24(22)31-15-3-14-30-23)26-20-9-6-19(16-20)18-7-10-21(11-8-18)32(28,29)25-12-13-27/h2,4-5,7-8,10-11,17,19-20,25-27H,3,6,9,12-16H2,1H3/t17-,19+,20?/m1/s1. The van der Waals surface area contributed by atoms with E-state index in [0.29, 0.717) is 25.2 Å². The third-order valence-electron chi connectivity index (χ3n) is 6.25. The van der Waals surface area contributed by atoms with Crippen LogP contribution in [0.4, 0.5) is 0 Å². The molecule has 3 atom stereocenters. The number of hydrogen-bond donors (Lipinski definition) is 3. The molecule has 0 aromatic heterocycles. The maximum absolute atomic E-state index is 12.2. The summed E-state index contributed by atoms with van der Waals surface area (Å²) in [6, 6.07) is 13.7. The topological polar surface area (TPSA) is 96.9 Å². The Bertz CT molecular complexity index is 1010. The second kappa shape index (κ2) is 10.2. The molecule has 32 heavy (non-hydrogen) atoms. The van der Waals surface area contributed by atoms with Gasteiger partial charge in [-0.3, -0.25) is 0 Å². The second-order valence-electron chi connectivity index (χ2n) is 8.51. The average molecular weight is 461 g/mol. The van der Waals surface area contributed by atoms with Crippen molar-refractivity contribution in [2.75, 3.05) is 26.4 Å². The van der Waals surface area contributed by atoms with Gasteiger partial charge in [0.05, 0.1) is 24.7 Å². The predicted octanol–water partition coefficient (Wildman–Crippen LogP) is 3.11. The molecule has 174 valence electrons. The summed E-state index contributed by atoms with van der Waals surface area (Å²) in [6.07, 6.45) is 4.02. The van der Waals surface area contributed by atoms with Crippen molar-refractivity contribution >= 4 is 10.0 Å². The Balaban J connectivity index is 1.38. The van der Waals surface area contributed by atoms with Gasteiger partial charge in [0.2, 0.25) is 10.0 Å². The van der Waals surface area contributed by atoms with Crippen molar-refractivity contribution in [2.24, 2.45) is 0 Å². The fourth-order valence-electron chi connectivity index (χ4n) is 4.62. The normalized spacial score (nSPS) is 21.8. The van der Waals surface area contributed by atoms with Crippen molar-refractivity contribution in [3.8, 4) is 11.5 Å². The third kappa shape index (κ3) is 5.26. The number of para-hydroxylation sites is 1. The van der Waals surface area contributed by atoms with Crippen molar-refractivity contribution in [3.05, 3.63) is 53.6 Å². The van der Waals surface area contributed by atoms with Crippen LogP contribution in [0.5, 0.6) is 11.5 Å². The highest BCUT2D eigenvalue weighted by Gasteiger charge is 2.28. The lowest BCUT2D eigenvalue weighted by molar-refractivity contribution is 0.295. The molecule has 1 heterocycles. The number of fused-ring (bicyclic) bond motifs is 1. The molecule has 7 nitrogen and oxygen atoms in total. The highest BCUT2D eigenvalue weighted by molar-refractivity contribution is 7.89. The molecule has 3 N–H and O–H groups in total. The molecule has 4 rings (SSSR count). The molecule has 1 aliphatic carbocycles. The van der Waals surface area contributed by atoms with Gasteiger partial charge >= 0.3 is 0 Å². The summed E-state index contributed by atoms with van der Waals surface area (Å²) < 4.78 is 38.6. The van der Waals surface area contributed by atoms with E-state index in [4.69, 9.17) is 14.6 Å². The Hall–Kier alpha value is -2.13. The molecule has 0 spiro atoms. The highest BCUT2D eigenvalue weighted by atomic mass is 32.2. The van der Waals surface area contributed by atoms with E-state index >= 15 is 0 Å². The van der Waals surface area contributed by atoms with Gasteiger partial charge in [0, 0.05) is 30.6 Å². The number of benzene rings is 2. The van der Waals surface area contributed by atoms with Gasteiger partial charge in [0.15, 0.2) is 11.5 Å². The molecule has 1 unspecified atom stereocenters. The van der Waals surface area contributed by atoms with E-state index in [0.717, 1.165) is 48.3 Å². The molecule has 1 saturated carbocycles. The molecule has 1 aliphatic heterocycles. The van der Waals surface area contributed by atoms with E-state index in [9.17, 15) is 8.42 Å². The Morgan fingerprint density at radius 3 is 2.66 bits per heavy atom. The zero-order chi connectivity index (χ0) is 22.6. The number of aliphatic hydroxyl groups is 1. The SMILES string of the molecule is C[C@@H](NC1CC[C@H](c2ccc(S(=O)(=O)NCCO)cc2)C1)c1cccc2c1OCCCO2. The second-order valence-corrected chi connectivity index (χ2v) is 10.3. The maximum atomic E-state index is 12.2. The molecular weight excluding hydrogens is 428 g/mol. The van der Waals surface area contributed by atoms with Crippen molar-refractivity contribution in [1.82, 2.24) is 10.0 Å². The van der Waals surface area contributed by atoms with E-state index in [2.05, 4.69) is 23.0 Å². The summed E-state index contributed by atoms with van der Waals surface area (Å²) >= 11 is 0. The van der Waals surface area contributed by atoms with Gasteiger partial charge in [-0.15, -0.1) is 0 Å². The Labute approximate surface area is 190 Å². The van der Waals surface area contributed by atoms with Crippen LogP contribution in [0.1, 0.15) is 55.7 Å². The van der Waals surface area contributed by atoms with Crippen LogP contribution in [-0.2, 0) is 10.0 Å². The molecule has 0 amide bonds. The van der Waals surface area contributed by atoms with Crippen LogP contribution in [0.3, 0.4) is 0 Å². The minimum Gasteiger partial charge on any atom is -0.490 e. The van der Waals surface area contributed by atoms with E-state index in [1.165, 1.54) is 0 Å². The first-order valence-electron chi connectivity index (χ1n) is 11.3. The molecule has 0 bridgehead atoms. The van der Waals surface area contributed by atoms with Crippen LogP contribution in [0.25, 0.3) is 0 Å². The Kier molecular flexibility index (Phi) is 7.35.